The molecule has 1 amide bonds. The van der Waals surface area contributed by atoms with Crippen LogP contribution in [0, 0.1) is 5.92 Å². The van der Waals surface area contributed by atoms with Crippen LogP contribution in [0.3, 0.4) is 0 Å². The van der Waals surface area contributed by atoms with Crippen molar-refractivity contribution in [3.05, 3.63) is 47.8 Å². The molecule has 28 heavy (non-hydrogen) atoms. The highest BCUT2D eigenvalue weighted by molar-refractivity contribution is 5.92. The minimum absolute atomic E-state index is 0.143. The molecule has 0 unspecified atom stereocenters. The van der Waals surface area contributed by atoms with Crippen molar-refractivity contribution in [2.24, 2.45) is 18.0 Å². The molecule has 7 nitrogen and oxygen atoms in total. The van der Waals surface area contributed by atoms with Gasteiger partial charge in [0, 0.05) is 31.4 Å². The molecule has 0 saturated heterocycles. The molecule has 1 heterocycles. The summed E-state index contributed by atoms with van der Waals surface area (Å²) in [4.78, 5) is 17.0. The number of guanidine groups is 1. The highest BCUT2D eigenvalue weighted by Crippen LogP contribution is 2.26. The van der Waals surface area contributed by atoms with Crippen LogP contribution in [0.2, 0.25) is 0 Å². The van der Waals surface area contributed by atoms with Gasteiger partial charge in [0.2, 0.25) is 5.91 Å². The predicted octanol–water partition coefficient (Wildman–Crippen LogP) is 2.80. The molecule has 1 fully saturated rings. The van der Waals surface area contributed by atoms with Gasteiger partial charge in [-0.2, -0.15) is 5.10 Å². The largest absolute Gasteiger partial charge is 0.357 e. The van der Waals surface area contributed by atoms with Gasteiger partial charge >= 0.3 is 0 Å². The molecule has 1 aromatic heterocycles. The Morgan fingerprint density at radius 1 is 1.25 bits per heavy atom. The first kappa shape index (κ1) is 19.9. The Hall–Kier alpha value is -2.83. The molecular weight excluding hydrogens is 352 g/mol. The maximum atomic E-state index is 12.3. The van der Waals surface area contributed by atoms with E-state index in [1.807, 2.05) is 49.0 Å². The van der Waals surface area contributed by atoms with Crippen molar-refractivity contribution in [1.82, 2.24) is 20.4 Å². The molecule has 0 radical (unpaired) electrons. The van der Waals surface area contributed by atoms with Gasteiger partial charge in [0.05, 0.1) is 18.8 Å². The van der Waals surface area contributed by atoms with Gasteiger partial charge in [0.25, 0.3) is 0 Å². The van der Waals surface area contributed by atoms with Crippen molar-refractivity contribution in [3.8, 4) is 0 Å². The molecule has 1 aliphatic carbocycles. The molecule has 7 heteroatoms. The van der Waals surface area contributed by atoms with Gasteiger partial charge in [-0.15, -0.1) is 0 Å². The van der Waals surface area contributed by atoms with Crippen LogP contribution >= 0.6 is 0 Å². The Bertz CT molecular complexity index is 807. The lowest BCUT2D eigenvalue weighted by Crippen LogP contribution is -2.37. The number of benzene rings is 1. The van der Waals surface area contributed by atoms with Gasteiger partial charge in [-0.05, 0) is 43.5 Å². The van der Waals surface area contributed by atoms with Crippen LogP contribution in [-0.4, -0.2) is 28.2 Å². The summed E-state index contributed by atoms with van der Waals surface area (Å²) in [6.45, 7) is 4.02. The number of rotatable bonds is 7. The molecule has 2 aromatic rings. The van der Waals surface area contributed by atoms with Gasteiger partial charge < -0.3 is 16.0 Å². The van der Waals surface area contributed by atoms with Gasteiger partial charge in [-0.1, -0.05) is 25.0 Å². The number of hydrogen-bond donors (Lipinski definition) is 3. The van der Waals surface area contributed by atoms with Crippen molar-refractivity contribution < 1.29 is 4.79 Å². The van der Waals surface area contributed by atoms with E-state index >= 15 is 0 Å². The number of aromatic nitrogens is 2. The van der Waals surface area contributed by atoms with E-state index in [-0.39, 0.29) is 11.8 Å². The molecule has 3 N–H and O–H groups in total. The Labute approximate surface area is 166 Å². The lowest BCUT2D eigenvalue weighted by Gasteiger charge is -2.12. The SMILES string of the molecule is CCNC(=NCc1cccc(NC(=O)C2CCCC2)c1)NCc1ccnn1C. The topological polar surface area (TPSA) is 83.3 Å². The summed E-state index contributed by atoms with van der Waals surface area (Å²) >= 11 is 0. The van der Waals surface area contributed by atoms with Crippen molar-refractivity contribution in [2.75, 3.05) is 11.9 Å². The maximum absolute atomic E-state index is 12.3. The van der Waals surface area contributed by atoms with Crippen LogP contribution in [0.4, 0.5) is 5.69 Å². The third-order valence-corrected chi connectivity index (χ3v) is 5.04. The maximum Gasteiger partial charge on any atom is 0.227 e. The second-order valence-electron chi connectivity index (χ2n) is 7.17. The molecule has 1 saturated carbocycles. The summed E-state index contributed by atoms with van der Waals surface area (Å²) in [6.07, 6.45) is 6.11. The van der Waals surface area contributed by atoms with Crippen LogP contribution in [0.5, 0.6) is 0 Å². The highest BCUT2D eigenvalue weighted by Gasteiger charge is 2.22. The van der Waals surface area contributed by atoms with Crippen LogP contribution in [0.15, 0.2) is 41.5 Å². The summed E-state index contributed by atoms with van der Waals surface area (Å²) in [5.41, 5.74) is 2.99. The van der Waals surface area contributed by atoms with Gasteiger partial charge in [-0.3, -0.25) is 9.48 Å². The average molecular weight is 383 g/mol. The third-order valence-electron chi connectivity index (χ3n) is 5.04. The fourth-order valence-corrected chi connectivity index (χ4v) is 3.44. The standard InChI is InChI=1S/C21H30N6O/c1-3-22-21(24-15-19-11-12-25-27(19)2)23-14-16-7-6-10-18(13-16)26-20(28)17-8-4-5-9-17/h6-7,10-13,17H,3-5,8-9,14-15H2,1-2H3,(H,26,28)(H2,22,23,24). The lowest BCUT2D eigenvalue weighted by molar-refractivity contribution is -0.119. The van der Waals surface area contributed by atoms with E-state index in [1.165, 1.54) is 0 Å². The minimum atomic E-state index is 0.143. The molecular formula is C21H30N6O. The molecule has 0 aliphatic heterocycles. The second kappa shape index (κ2) is 9.92. The van der Waals surface area contributed by atoms with E-state index in [1.54, 1.807) is 6.20 Å². The lowest BCUT2D eigenvalue weighted by atomic mass is 10.1. The summed E-state index contributed by atoms with van der Waals surface area (Å²) in [7, 11) is 1.92. The summed E-state index contributed by atoms with van der Waals surface area (Å²) < 4.78 is 1.84. The minimum Gasteiger partial charge on any atom is -0.357 e. The summed E-state index contributed by atoms with van der Waals surface area (Å²) in [6, 6.07) is 9.91. The van der Waals surface area contributed by atoms with Gasteiger partial charge in [0.1, 0.15) is 0 Å². The number of aliphatic imine (C=N–C) groups is 1. The number of amides is 1. The normalized spacial score (nSPS) is 14.9. The van der Waals surface area contributed by atoms with Crippen molar-refractivity contribution in [2.45, 2.75) is 45.7 Å². The zero-order valence-corrected chi connectivity index (χ0v) is 16.7. The molecule has 1 aliphatic rings. The first-order valence-electron chi connectivity index (χ1n) is 10.0. The van der Waals surface area contributed by atoms with Crippen molar-refractivity contribution in [3.63, 3.8) is 0 Å². The molecule has 0 atom stereocenters. The number of carbonyl (C=O) groups is 1. The molecule has 0 spiro atoms. The molecule has 3 rings (SSSR count). The van der Waals surface area contributed by atoms with Gasteiger partial charge in [-0.25, -0.2) is 4.99 Å². The quantitative estimate of drug-likeness (QED) is 0.508. The van der Waals surface area contributed by atoms with Crippen LogP contribution < -0.4 is 16.0 Å². The summed E-state index contributed by atoms with van der Waals surface area (Å²) in [5.74, 6) is 1.06. The molecule has 0 bridgehead atoms. The van der Waals surface area contributed by atoms with Crippen molar-refractivity contribution in [1.29, 1.82) is 0 Å². The number of nitrogens with one attached hydrogen (secondary N) is 3. The second-order valence-corrected chi connectivity index (χ2v) is 7.17. The van der Waals surface area contributed by atoms with Crippen LogP contribution in [0.1, 0.15) is 43.9 Å². The van der Waals surface area contributed by atoms with Gasteiger partial charge in [0.15, 0.2) is 5.96 Å². The Morgan fingerprint density at radius 2 is 2.07 bits per heavy atom. The highest BCUT2D eigenvalue weighted by atomic mass is 16.1. The zero-order chi connectivity index (χ0) is 19.8. The summed E-state index contributed by atoms with van der Waals surface area (Å²) in [5, 5.41) is 13.8. The van der Waals surface area contributed by atoms with E-state index in [2.05, 4.69) is 26.0 Å². The molecule has 1 aromatic carbocycles. The van der Waals surface area contributed by atoms with E-state index in [4.69, 9.17) is 0 Å². The fraction of sp³-hybridized carbons (Fsp3) is 0.476. The van der Waals surface area contributed by atoms with E-state index < -0.39 is 0 Å². The first-order chi connectivity index (χ1) is 13.7. The number of nitrogens with zero attached hydrogens (tertiary/aromatic N) is 3. The monoisotopic (exact) mass is 382 g/mol. The Balaban J connectivity index is 1.58. The van der Waals surface area contributed by atoms with E-state index in [9.17, 15) is 4.79 Å². The van der Waals surface area contributed by atoms with E-state index in [0.717, 1.165) is 55.1 Å². The average Bonchev–Trinajstić information content (AvgIpc) is 3.36. The van der Waals surface area contributed by atoms with E-state index in [0.29, 0.717) is 13.1 Å². The number of aryl methyl sites for hydroxylation is 1. The Morgan fingerprint density at radius 3 is 2.79 bits per heavy atom. The fourth-order valence-electron chi connectivity index (χ4n) is 3.44. The molecule has 150 valence electrons. The number of anilines is 1. The first-order valence-corrected chi connectivity index (χ1v) is 10.0. The van der Waals surface area contributed by atoms with Crippen molar-refractivity contribution >= 4 is 17.6 Å². The predicted molar refractivity (Wildman–Crippen MR) is 112 cm³/mol. The van der Waals surface area contributed by atoms with Crippen LogP contribution in [-0.2, 0) is 24.9 Å². The Kier molecular flexibility index (Phi) is 7.06. The number of carbonyl (C=O) groups excluding carboxylic acids is 1. The van der Waals surface area contributed by atoms with Crippen LogP contribution in [0.25, 0.3) is 0 Å². The smallest absolute Gasteiger partial charge is 0.227 e. The third kappa shape index (κ3) is 5.58. The number of hydrogen-bond acceptors (Lipinski definition) is 3. The zero-order valence-electron chi connectivity index (χ0n) is 16.7.